The first kappa shape index (κ1) is 71.1. The second kappa shape index (κ2) is 41.5. The first-order valence-corrected chi connectivity index (χ1v) is 0. The maximum Gasteiger partial charge on any atom is 2.00 e. The van der Waals surface area contributed by atoms with Gasteiger partial charge < -0.3 is 16.4 Å². The van der Waals surface area contributed by atoms with E-state index in [1.165, 1.54) is 0 Å². The molecule has 1 radical (unpaired) electrons. The fourth-order valence-corrected chi connectivity index (χ4v) is 0. The predicted molar refractivity (Wildman–Crippen MR) is 7.81 cm³/mol. The molecule has 0 saturated carbocycles. The molecule has 0 unspecified atom stereocenters. The molecule has 0 aliphatic heterocycles. The summed E-state index contributed by atoms with van der Waals surface area (Å²) in [6, 6.07) is 0. The molecule has 0 saturated heterocycles. The van der Waals surface area contributed by atoms with Crippen LogP contribution < -0.4 is 0 Å². The van der Waals surface area contributed by atoms with Gasteiger partial charge in [-0.15, -0.1) is 0 Å². The van der Waals surface area contributed by atoms with Gasteiger partial charge in [-0.3, -0.25) is 0 Å². The first-order valence-electron chi connectivity index (χ1n) is 0. The summed E-state index contributed by atoms with van der Waals surface area (Å²) in [5.74, 6) is 0. The van der Waals surface area contributed by atoms with Crippen LogP contribution in [0.15, 0.2) is 0 Å². The van der Waals surface area contributed by atoms with Crippen molar-refractivity contribution in [1.29, 1.82) is 0 Å². The van der Waals surface area contributed by atoms with E-state index in [-0.39, 0.29) is 74.3 Å². The molecule has 0 bridgehead atoms. The van der Waals surface area contributed by atoms with E-state index < -0.39 is 0 Å². The Bertz CT molecular complexity index is 6.85. The second-order valence-corrected chi connectivity index (χ2v) is 0. The van der Waals surface area contributed by atoms with Crippen LogP contribution in [0.4, 0.5) is 0 Å². The standard InChI is InChI=1S/Ca.Ir.3O/q+2;;3*-2. The summed E-state index contributed by atoms with van der Waals surface area (Å²) in [4.78, 5) is 0. The maximum absolute atomic E-state index is 0. The zero-order chi connectivity index (χ0) is 0. The third kappa shape index (κ3) is 26.0. The maximum atomic E-state index is 0. The van der Waals surface area contributed by atoms with E-state index in [0.717, 1.165) is 0 Å². The molecule has 0 aromatic carbocycles. The van der Waals surface area contributed by atoms with Crippen molar-refractivity contribution in [3.8, 4) is 0 Å². The minimum Gasteiger partial charge on any atom is -2.00 e. The average molecular weight is 280 g/mol. The van der Waals surface area contributed by atoms with E-state index in [2.05, 4.69) is 0 Å². The van der Waals surface area contributed by atoms with Crippen molar-refractivity contribution < 1.29 is 36.5 Å². The van der Waals surface area contributed by atoms with Gasteiger partial charge in [0.15, 0.2) is 0 Å². The van der Waals surface area contributed by atoms with Crippen LogP contribution in [-0.2, 0) is 36.5 Å². The van der Waals surface area contributed by atoms with Gasteiger partial charge in [-0.1, -0.05) is 0 Å². The third-order valence-electron chi connectivity index (χ3n) is 0. The molecule has 0 aromatic heterocycles. The van der Waals surface area contributed by atoms with Gasteiger partial charge in [0, 0.05) is 20.1 Å². The van der Waals surface area contributed by atoms with Gasteiger partial charge in [-0.25, -0.2) is 0 Å². The molecule has 33 valence electrons. The van der Waals surface area contributed by atoms with Crippen LogP contribution >= 0.6 is 0 Å². The molecule has 0 aromatic rings. The van der Waals surface area contributed by atoms with Gasteiger partial charge in [0.1, 0.15) is 0 Å². The van der Waals surface area contributed by atoms with E-state index >= 15 is 0 Å². The van der Waals surface area contributed by atoms with Gasteiger partial charge in [0.2, 0.25) is 0 Å². The van der Waals surface area contributed by atoms with Crippen LogP contribution in [0.1, 0.15) is 0 Å². The molecule has 0 spiro atoms. The summed E-state index contributed by atoms with van der Waals surface area (Å²) < 4.78 is 0. The van der Waals surface area contributed by atoms with Crippen molar-refractivity contribution in [2.45, 2.75) is 0 Å². The van der Waals surface area contributed by atoms with Crippen LogP contribution in [0.2, 0.25) is 0 Å². The molecule has 3 nitrogen and oxygen atoms in total. The molecule has 0 amide bonds. The first-order chi connectivity index (χ1) is 0. The fourth-order valence-electron chi connectivity index (χ4n) is 0. The molecule has 0 fully saturated rings. The smallest absolute Gasteiger partial charge is 2.00 e. The molecule has 0 aliphatic rings. The van der Waals surface area contributed by atoms with E-state index in [1.807, 2.05) is 0 Å². The summed E-state index contributed by atoms with van der Waals surface area (Å²) >= 11 is 0. The summed E-state index contributed by atoms with van der Waals surface area (Å²) in [6.45, 7) is 0. The summed E-state index contributed by atoms with van der Waals surface area (Å²) in [5, 5.41) is 0. The summed E-state index contributed by atoms with van der Waals surface area (Å²) in [6.07, 6.45) is 0. The topological polar surface area (TPSA) is 85.5 Å². The van der Waals surface area contributed by atoms with Crippen LogP contribution in [0, 0.1) is 0 Å². The molecule has 5 heteroatoms. The zero-order valence-corrected chi connectivity index (χ0v) is 6.87. The molecular formula is CaIrO3-4. The third-order valence-corrected chi connectivity index (χ3v) is 0. The molecule has 0 rings (SSSR count). The molecule has 0 N–H and O–H groups in total. The van der Waals surface area contributed by atoms with Crippen molar-refractivity contribution in [3.63, 3.8) is 0 Å². The molecular weight excluding hydrogens is 280 g/mol. The van der Waals surface area contributed by atoms with Gasteiger partial charge in [-0.2, -0.15) is 0 Å². The van der Waals surface area contributed by atoms with Gasteiger partial charge in [0.05, 0.1) is 0 Å². The Balaban J connectivity index is 0. The van der Waals surface area contributed by atoms with Gasteiger partial charge in [-0.05, 0) is 0 Å². The van der Waals surface area contributed by atoms with E-state index in [4.69, 9.17) is 0 Å². The Morgan fingerprint density at radius 2 is 0.600 bits per heavy atom. The van der Waals surface area contributed by atoms with Crippen molar-refractivity contribution in [2.24, 2.45) is 0 Å². The minimum atomic E-state index is 0. The minimum absolute atomic E-state index is 0. The summed E-state index contributed by atoms with van der Waals surface area (Å²) in [5.41, 5.74) is 0. The van der Waals surface area contributed by atoms with E-state index in [9.17, 15) is 0 Å². The van der Waals surface area contributed by atoms with Crippen LogP contribution in [0.25, 0.3) is 0 Å². The molecule has 0 aliphatic carbocycles. The predicted octanol–water partition coefficient (Wildman–Crippen LogP) is -0.740. The quantitative estimate of drug-likeness (QED) is 0.523. The molecule has 0 atom stereocenters. The monoisotopic (exact) mass is 281 g/mol. The SMILES string of the molecule is [Ca+2].[Ir].[O-2].[O-2].[O-2]. The number of rotatable bonds is 0. The fraction of sp³-hybridized carbons (Fsp3) is 0. The average Bonchev–Trinajstić information content (AvgIpc) is 0. The van der Waals surface area contributed by atoms with Crippen molar-refractivity contribution in [2.75, 3.05) is 0 Å². The van der Waals surface area contributed by atoms with Crippen molar-refractivity contribution in [3.05, 3.63) is 0 Å². The Kier molecular flexibility index (Phi) is 590. The number of hydrogen-bond donors (Lipinski definition) is 0. The zero-order valence-electron chi connectivity index (χ0n) is 2.27. The van der Waals surface area contributed by atoms with Crippen LogP contribution in [0.5, 0.6) is 0 Å². The summed E-state index contributed by atoms with van der Waals surface area (Å²) in [7, 11) is 0. The van der Waals surface area contributed by atoms with Crippen LogP contribution in [0.3, 0.4) is 0 Å². The van der Waals surface area contributed by atoms with Gasteiger partial charge in [0.25, 0.3) is 0 Å². The molecule has 0 heterocycles. The normalized spacial score (nSPS) is 0. The Hall–Kier alpha value is 1.79. The number of hydrogen-bond acceptors (Lipinski definition) is 0. The second-order valence-electron chi connectivity index (χ2n) is 0. The Morgan fingerprint density at radius 1 is 0.600 bits per heavy atom. The molecule has 5 heavy (non-hydrogen) atoms. The largest absolute Gasteiger partial charge is 2.00 e. The van der Waals surface area contributed by atoms with E-state index in [1.54, 1.807) is 0 Å². The van der Waals surface area contributed by atoms with Crippen molar-refractivity contribution >= 4 is 37.7 Å². The Labute approximate surface area is 73.4 Å². The Morgan fingerprint density at radius 3 is 0.600 bits per heavy atom. The van der Waals surface area contributed by atoms with Crippen molar-refractivity contribution in [1.82, 2.24) is 0 Å². The van der Waals surface area contributed by atoms with E-state index in [0.29, 0.717) is 0 Å². The van der Waals surface area contributed by atoms with Crippen LogP contribution in [-0.4, -0.2) is 37.7 Å². The van der Waals surface area contributed by atoms with Gasteiger partial charge >= 0.3 is 37.7 Å².